The van der Waals surface area contributed by atoms with E-state index in [0.717, 1.165) is 23.0 Å². The normalized spacial score (nSPS) is 12.9. The Morgan fingerprint density at radius 3 is 2.68 bits per heavy atom. The monoisotopic (exact) mass is 341 g/mol. The van der Waals surface area contributed by atoms with E-state index in [1.54, 1.807) is 0 Å². The first-order chi connectivity index (χ1) is 9.06. The van der Waals surface area contributed by atoms with E-state index in [1.165, 1.54) is 15.4 Å². The SMILES string of the molecule is CCc1ccc(C(Cc2c(Br)c(C)nn2C)NC)s1. The van der Waals surface area contributed by atoms with Crippen LogP contribution in [0.5, 0.6) is 0 Å². The summed E-state index contributed by atoms with van der Waals surface area (Å²) in [6, 6.07) is 4.81. The first-order valence-corrected chi connectivity index (χ1v) is 8.11. The first-order valence-electron chi connectivity index (χ1n) is 6.50. The van der Waals surface area contributed by atoms with Crippen LogP contribution in [0.1, 0.15) is 34.1 Å². The molecule has 5 heteroatoms. The van der Waals surface area contributed by atoms with E-state index in [2.05, 4.69) is 45.4 Å². The average molecular weight is 342 g/mol. The molecule has 0 fully saturated rings. The van der Waals surface area contributed by atoms with E-state index in [4.69, 9.17) is 0 Å². The minimum atomic E-state index is 0.344. The smallest absolute Gasteiger partial charge is 0.0738 e. The molecule has 0 aliphatic carbocycles. The predicted molar refractivity (Wildman–Crippen MR) is 84.8 cm³/mol. The molecule has 0 bridgehead atoms. The number of hydrogen-bond donors (Lipinski definition) is 1. The van der Waals surface area contributed by atoms with Crippen LogP contribution in [-0.4, -0.2) is 16.8 Å². The number of nitrogens with one attached hydrogen (secondary N) is 1. The van der Waals surface area contributed by atoms with Gasteiger partial charge in [0.1, 0.15) is 0 Å². The fraction of sp³-hybridized carbons (Fsp3) is 0.500. The van der Waals surface area contributed by atoms with Crippen molar-refractivity contribution in [2.24, 2.45) is 7.05 Å². The van der Waals surface area contributed by atoms with Gasteiger partial charge in [0.15, 0.2) is 0 Å². The third-order valence-electron chi connectivity index (χ3n) is 3.38. The number of likely N-dealkylation sites (N-methyl/N-ethyl adjacent to an activating group) is 1. The van der Waals surface area contributed by atoms with Crippen LogP contribution in [0.2, 0.25) is 0 Å². The molecule has 0 aliphatic rings. The number of thiophene rings is 1. The Hall–Kier alpha value is -0.650. The van der Waals surface area contributed by atoms with Gasteiger partial charge in [-0.2, -0.15) is 5.10 Å². The molecule has 2 rings (SSSR count). The molecule has 1 unspecified atom stereocenters. The fourth-order valence-electron chi connectivity index (χ4n) is 2.21. The number of halogens is 1. The molecule has 0 aliphatic heterocycles. The summed E-state index contributed by atoms with van der Waals surface area (Å²) in [6.07, 6.45) is 2.05. The molecule has 0 amide bonds. The topological polar surface area (TPSA) is 29.9 Å². The van der Waals surface area contributed by atoms with E-state index in [1.807, 2.05) is 37.0 Å². The van der Waals surface area contributed by atoms with Crippen LogP contribution in [-0.2, 0) is 19.9 Å². The summed E-state index contributed by atoms with van der Waals surface area (Å²) >= 11 is 5.54. The zero-order valence-corrected chi connectivity index (χ0v) is 14.2. The van der Waals surface area contributed by atoms with E-state index in [0.29, 0.717) is 6.04 Å². The molecular formula is C14H20BrN3S. The highest BCUT2D eigenvalue weighted by molar-refractivity contribution is 9.10. The molecule has 2 aromatic rings. The summed E-state index contributed by atoms with van der Waals surface area (Å²) in [4.78, 5) is 2.83. The van der Waals surface area contributed by atoms with Gasteiger partial charge in [-0.15, -0.1) is 11.3 Å². The minimum Gasteiger partial charge on any atom is -0.312 e. The predicted octanol–water partition coefficient (Wildman–Crippen LogP) is 3.62. The second-order valence-electron chi connectivity index (χ2n) is 4.67. The molecule has 3 nitrogen and oxygen atoms in total. The zero-order chi connectivity index (χ0) is 14.0. The summed E-state index contributed by atoms with van der Waals surface area (Å²) in [6.45, 7) is 4.23. The number of aromatic nitrogens is 2. The van der Waals surface area contributed by atoms with Crippen molar-refractivity contribution in [3.63, 3.8) is 0 Å². The Balaban J connectivity index is 2.23. The lowest BCUT2D eigenvalue weighted by Gasteiger charge is -2.15. The summed E-state index contributed by atoms with van der Waals surface area (Å²) in [5, 5.41) is 7.87. The van der Waals surface area contributed by atoms with Crippen molar-refractivity contribution < 1.29 is 0 Å². The van der Waals surface area contributed by atoms with Crippen LogP contribution in [0.3, 0.4) is 0 Å². The number of rotatable bonds is 5. The summed E-state index contributed by atoms with van der Waals surface area (Å²) in [5.74, 6) is 0. The van der Waals surface area contributed by atoms with Gasteiger partial charge in [0.2, 0.25) is 0 Å². The third kappa shape index (κ3) is 3.09. The van der Waals surface area contributed by atoms with Gasteiger partial charge in [0, 0.05) is 29.3 Å². The zero-order valence-electron chi connectivity index (χ0n) is 11.8. The quantitative estimate of drug-likeness (QED) is 0.899. The van der Waals surface area contributed by atoms with Crippen LogP contribution < -0.4 is 5.32 Å². The van der Waals surface area contributed by atoms with Crippen LogP contribution in [0.4, 0.5) is 0 Å². The van der Waals surface area contributed by atoms with Crippen molar-refractivity contribution in [1.82, 2.24) is 15.1 Å². The Morgan fingerprint density at radius 2 is 2.21 bits per heavy atom. The first kappa shape index (κ1) is 14.8. The van der Waals surface area contributed by atoms with Crippen molar-refractivity contribution in [2.75, 3.05) is 7.05 Å². The Kier molecular flexibility index (Phi) is 4.81. The molecule has 0 aromatic carbocycles. The lowest BCUT2D eigenvalue weighted by atomic mass is 10.1. The molecule has 1 N–H and O–H groups in total. The maximum Gasteiger partial charge on any atom is 0.0738 e. The summed E-state index contributed by atoms with van der Waals surface area (Å²) < 4.78 is 3.10. The number of nitrogens with zero attached hydrogens (tertiary/aromatic N) is 2. The second kappa shape index (κ2) is 6.20. The van der Waals surface area contributed by atoms with Gasteiger partial charge in [-0.25, -0.2) is 0 Å². The largest absolute Gasteiger partial charge is 0.312 e. The van der Waals surface area contributed by atoms with Crippen LogP contribution >= 0.6 is 27.3 Å². The molecule has 104 valence electrons. The molecule has 0 radical (unpaired) electrons. The van der Waals surface area contributed by atoms with Crippen molar-refractivity contribution >= 4 is 27.3 Å². The van der Waals surface area contributed by atoms with Crippen molar-refractivity contribution in [2.45, 2.75) is 32.7 Å². The van der Waals surface area contributed by atoms with Gasteiger partial charge in [0.05, 0.1) is 15.9 Å². The van der Waals surface area contributed by atoms with E-state index < -0.39 is 0 Å². The minimum absolute atomic E-state index is 0.344. The molecule has 2 aromatic heterocycles. The van der Waals surface area contributed by atoms with Gasteiger partial charge < -0.3 is 5.32 Å². The van der Waals surface area contributed by atoms with Crippen molar-refractivity contribution in [3.05, 3.63) is 37.7 Å². The molecule has 0 spiro atoms. The van der Waals surface area contributed by atoms with E-state index >= 15 is 0 Å². The second-order valence-corrected chi connectivity index (χ2v) is 6.67. The molecule has 0 saturated carbocycles. The van der Waals surface area contributed by atoms with E-state index in [9.17, 15) is 0 Å². The van der Waals surface area contributed by atoms with Gasteiger partial charge in [-0.1, -0.05) is 6.92 Å². The highest BCUT2D eigenvalue weighted by atomic mass is 79.9. The average Bonchev–Trinajstić information content (AvgIpc) is 2.95. The Morgan fingerprint density at radius 1 is 1.47 bits per heavy atom. The molecule has 19 heavy (non-hydrogen) atoms. The standard InChI is InChI=1S/C14H20BrN3S/c1-5-10-6-7-13(19-10)11(16-3)8-12-14(15)9(2)17-18(12)4/h6-7,11,16H,5,8H2,1-4H3. The molecule has 1 atom stereocenters. The lowest BCUT2D eigenvalue weighted by molar-refractivity contribution is 0.568. The highest BCUT2D eigenvalue weighted by Crippen LogP contribution is 2.29. The van der Waals surface area contributed by atoms with Gasteiger partial charge in [0.25, 0.3) is 0 Å². The molecule has 2 heterocycles. The Bertz CT molecular complexity index is 559. The van der Waals surface area contributed by atoms with Crippen molar-refractivity contribution in [3.8, 4) is 0 Å². The van der Waals surface area contributed by atoms with Gasteiger partial charge in [-0.3, -0.25) is 4.68 Å². The summed E-state index contributed by atoms with van der Waals surface area (Å²) in [7, 11) is 4.03. The maximum atomic E-state index is 4.46. The third-order valence-corrected chi connectivity index (χ3v) is 5.76. The number of aryl methyl sites for hydroxylation is 3. The number of hydrogen-bond acceptors (Lipinski definition) is 3. The highest BCUT2D eigenvalue weighted by Gasteiger charge is 2.18. The Labute approximate surface area is 127 Å². The molecule has 0 saturated heterocycles. The van der Waals surface area contributed by atoms with E-state index in [-0.39, 0.29) is 0 Å². The van der Waals surface area contributed by atoms with Crippen LogP contribution in [0, 0.1) is 6.92 Å². The maximum absolute atomic E-state index is 4.46. The lowest BCUT2D eigenvalue weighted by Crippen LogP contribution is -2.19. The van der Waals surface area contributed by atoms with Crippen LogP contribution in [0.25, 0.3) is 0 Å². The van der Waals surface area contributed by atoms with Crippen LogP contribution in [0.15, 0.2) is 16.6 Å². The van der Waals surface area contributed by atoms with Gasteiger partial charge in [-0.05, 0) is 48.5 Å². The molecular weight excluding hydrogens is 322 g/mol. The fourth-order valence-corrected chi connectivity index (χ4v) is 3.77. The van der Waals surface area contributed by atoms with Gasteiger partial charge >= 0.3 is 0 Å². The van der Waals surface area contributed by atoms with Crippen molar-refractivity contribution in [1.29, 1.82) is 0 Å². The summed E-state index contributed by atoms with van der Waals surface area (Å²) in [5.41, 5.74) is 2.29.